The highest BCUT2D eigenvalue weighted by molar-refractivity contribution is 5.98. The van der Waals surface area contributed by atoms with E-state index in [1.165, 1.54) is 0 Å². The van der Waals surface area contributed by atoms with Gasteiger partial charge in [0.05, 0.1) is 5.56 Å². The van der Waals surface area contributed by atoms with Crippen LogP contribution in [0.1, 0.15) is 16.1 Å². The summed E-state index contributed by atoms with van der Waals surface area (Å²) in [5.74, 6) is 0.719. The molecule has 0 bridgehead atoms. The Morgan fingerprint density at radius 1 is 1.41 bits per heavy atom. The molecule has 1 aromatic heterocycles. The number of rotatable bonds is 2. The molecular weight excluding hydrogens is 216 g/mol. The molecule has 0 saturated carbocycles. The largest absolute Gasteiger partial charge is 0.372 e. The van der Waals surface area contributed by atoms with Crippen LogP contribution in [0.4, 0.5) is 5.82 Å². The van der Waals surface area contributed by atoms with Gasteiger partial charge >= 0.3 is 0 Å². The van der Waals surface area contributed by atoms with Crippen molar-refractivity contribution in [3.63, 3.8) is 0 Å². The number of pyridine rings is 1. The second-order valence-electron chi connectivity index (χ2n) is 4.14. The normalized spacial score (nSPS) is 15.8. The average molecular weight is 234 g/mol. The summed E-state index contributed by atoms with van der Waals surface area (Å²) in [6.07, 6.45) is 0. The third-order valence-corrected chi connectivity index (χ3v) is 2.91. The van der Waals surface area contributed by atoms with Gasteiger partial charge in [-0.2, -0.15) is 0 Å². The fraction of sp³-hybridized carbons (Fsp3) is 0.500. The lowest BCUT2D eigenvalue weighted by Gasteiger charge is -2.28. The number of anilines is 1. The molecule has 1 aliphatic heterocycles. The minimum absolute atomic E-state index is 0.0587. The van der Waals surface area contributed by atoms with E-state index in [1.807, 2.05) is 24.0 Å². The van der Waals surface area contributed by atoms with Crippen LogP contribution in [-0.2, 0) is 0 Å². The van der Waals surface area contributed by atoms with Gasteiger partial charge in [0.1, 0.15) is 5.82 Å². The molecule has 1 saturated heterocycles. The van der Waals surface area contributed by atoms with Crippen LogP contribution in [0.15, 0.2) is 12.1 Å². The molecule has 1 aromatic rings. The van der Waals surface area contributed by atoms with Crippen LogP contribution in [0.3, 0.4) is 0 Å². The van der Waals surface area contributed by atoms with Crippen LogP contribution in [0.2, 0.25) is 0 Å². The standard InChI is InChI=1S/C12H18N4O/c1-9-3-4-10(11(13-2)15-9)12(17)16-7-5-14-6-8-16/h3-4,14H,5-8H2,1-2H3,(H,13,15). The van der Waals surface area contributed by atoms with Gasteiger partial charge in [0.25, 0.3) is 5.91 Å². The van der Waals surface area contributed by atoms with Crippen molar-refractivity contribution in [2.75, 3.05) is 38.5 Å². The van der Waals surface area contributed by atoms with E-state index < -0.39 is 0 Å². The Kier molecular flexibility index (Phi) is 3.58. The van der Waals surface area contributed by atoms with Crippen molar-refractivity contribution in [3.8, 4) is 0 Å². The zero-order valence-corrected chi connectivity index (χ0v) is 10.3. The Morgan fingerprint density at radius 3 is 2.76 bits per heavy atom. The highest BCUT2D eigenvalue weighted by atomic mass is 16.2. The summed E-state index contributed by atoms with van der Waals surface area (Å²) in [4.78, 5) is 18.5. The van der Waals surface area contributed by atoms with Gasteiger partial charge in [0, 0.05) is 38.9 Å². The molecule has 2 N–H and O–H groups in total. The number of hydrogen-bond acceptors (Lipinski definition) is 4. The summed E-state index contributed by atoms with van der Waals surface area (Å²) in [6, 6.07) is 3.72. The molecule has 5 heteroatoms. The van der Waals surface area contributed by atoms with Crippen molar-refractivity contribution in [1.29, 1.82) is 0 Å². The van der Waals surface area contributed by atoms with Crippen LogP contribution in [0.25, 0.3) is 0 Å². The fourth-order valence-corrected chi connectivity index (χ4v) is 1.96. The summed E-state index contributed by atoms with van der Waals surface area (Å²) in [7, 11) is 1.79. The molecular formula is C12H18N4O. The molecule has 2 heterocycles. The molecule has 1 aliphatic rings. The van der Waals surface area contributed by atoms with Gasteiger partial charge in [-0.15, -0.1) is 0 Å². The van der Waals surface area contributed by atoms with Crippen LogP contribution >= 0.6 is 0 Å². The van der Waals surface area contributed by atoms with Crippen LogP contribution in [-0.4, -0.2) is 49.0 Å². The second-order valence-corrected chi connectivity index (χ2v) is 4.14. The van der Waals surface area contributed by atoms with Crippen molar-refractivity contribution in [1.82, 2.24) is 15.2 Å². The van der Waals surface area contributed by atoms with E-state index in [0.29, 0.717) is 11.4 Å². The lowest BCUT2D eigenvalue weighted by molar-refractivity contribution is 0.0736. The lowest BCUT2D eigenvalue weighted by Crippen LogP contribution is -2.46. The number of carbonyl (C=O) groups is 1. The Morgan fingerprint density at radius 2 is 2.12 bits per heavy atom. The number of aryl methyl sites for hydroxylation is 1. The van der Waals surface area contributed by atoms with E-state index in [-0.39, 0.29) is 5.91 Å². The number of amides is 1. The summed E-state index contributed by atoms with van der Waals surface area (Å²) < 4.78 is 0. The smallest absolute Gasteiger partial charge is 0.257 e. The predicted molar refractivity (Wildman–Crippen MR) is 67.3 cm³/mol. The minimum atomic E-state index is 0.0587. The predicted octanol–water partition coefficient (Wildman–Crippen LogP) is 0.477. The monoisotopic (exact) mass is 234 g/mol. The van der Waals surface area contributed by atoms with Crippen molar-refractivity contribution in [3.05, 3.63) is 23.4 Å². The number of nitrogens with zero attached hydrogens (tertiary/aromatic N) is 2. The second kappa shape index (κ2) is 5.14. The average Bonchev–Trinajstić information content (AvgIpc) is 2.39. The number of nitrogens with one attached hydrogen (secondary N) is 2. The first-order valence-electron chi connectivity index (χ1n) is 5.88. The molecule has 1 amide bonds. The zero-order chi connectivity index (χ0) is 12.3. The van der Waals surface area contributed by atoms with Gasteiger partial charge in [0.15, 0.2) is 0 Å². The van der Waals surface area contributed by atoms with Gasteiger partial charge in [-0.05, 0) is 19.1 Å². The number of carbonyl (C=O) groups excluding carboxylic acids is 1. The third kappa shape index (κ3) is 2.55. The fourth-order valence-electron chi connectivity index (χ4n) is 1.96. The van der Waals surface area contributed by atoms with Gasteiger partial charge in [-0.25, -0.2) is 4.98 Å². The van der Waals surface area contributed by atoms with E-state index in [4.69, 9.17) is 0 Å². The molecule has 5 nitrogen and oxygen atoms in total. The lowest BCUT2D eigenvalue weighted by atomic mass is 10.2. The third-order valence-electron chi connectivity index (χ3n) is 2.91. The molecule has 0 aromatic carbocycles. The first-order chi connectivity index (χ1) is 8.22. The number of hydrogen-bond donors (Lipinski definition) is 2. The molecule has 0 unspecified atom stereocenters. The van der Waals surface area contributed by atoms with Gasteiger partial charge in [-0.1, -0.05) is 0 Å². The molecule has 92 valence electrons. The molecule has 2 rings (SSSR count). The Hall–Kier alpha value is -1.62. The maximum atomic E-state index is 12.3. The number of piperazine rings is 1. The van der Waals surface area contributed by atoms with Crippen LogP contribution in [0, 0.1) is 6.92 Å². The van der Waals surface area contributed by atoms with E-state index in [0.717, 1.165) is 31.9 Å². The van der Waals surface area contributed by atoms with Crippen molar-refractivity contribution in [2.24, 2.45) is 0 Å². The SMILES string of the molecule is CNc1nc(C)ccc1C(=O)N1CCNCC1. The molecule has 0 atom stereocenters. The Labute approximate surface area is 101 Å². The summed E-state index contributed by atoms with van der Waals surface area (Å²) in [5, 5.41) is 6.22. The summed E-state index contributed by atoms with van der Waals surface area (Å²) in [5.41, 5.74) is 1.56. The Balaban J connectivity index is 2.23. The van der Waals surface area contributed by atoms with Crippen molar-refractivity contribution < 1.29 is 4.79 Å². The first kappa shape index (κ1) is 11.9. The highest BCUT2D eigenvalue weighted by Crippen LogP contribution is 2.15. The minimum Gasteiger partial charge on any atom is -0.372 e. The van der Waals surface area contributed by atoms with E-state index >= 15 is 0 Å². The maximum absolute atomic E-state index is 12.3. The van der Waals surface area contributed by atoms with Gasteiger partial charge in [-0.3, -0.25) is 4.79 Å². The summed E-state index contributed by atoms with van der Waals surface area (Å²) >= 11 is 0. The van der Waals surface area contributed by atoms with Gasteiger partial charge < -0.3 is 15.5 Å². The van der Waals surface area contributed by atoms with Crippen LogP contribution in [0.5, 0.6) is 0 Å². The molecule has 0 aliphatic carbocycles. The van der Waals surface area contributed by atoms with Gasteiger partial charge in [0.2, 0.25) is 0 Å². The number of aromatic nitrogens is 1. The van der Waals surface area contributed by atoms with E-state index in [2.05, 4.69) is 15.6 Å². The summed E-state index contributed by atoms with van der Waals surface area (Å²) in [6.45, 7) is 5.16. The van der Waals surface area contributed by atoms with Crippen molar-refractivity contribution in [2.45, 2.75) is 6.92 Å². The first-order valence-corrected chi connectivity index (χ1v) is 5.88. The zero-order valence-electron chi connectivity index (χ0n) is 10.3. The topological polar surface area (TPSA) is 57.3 Å². The quantitative estimate of drug-likeness (QED) is 0.781. The van der Waals surface area contributed by atoms with Crippen LogP contribution < -0.4 is 10.6 Å². The van der Waals surface area contributed by atoms with E-state index in [9.17, 15) is 4.79 Å². The highest BCUT2D eigenvalue weighted by Gasteiger charge is 2.20. The molecule has 1 fully saturated rings. The molecule has 17 heavy (non-hydrogen) atoms. The molecule has 0 radical (unpaired) electrons. The van der Waals surface area contributed by atoms with Crippen molar-refractivity contribution >= 4 is 11.7 Å². The van der Waals surface area contributed by atoms with E-state index in [1.54, 1.807) is 7.05 Å². The maximum Gasteiger partial charge on any atom is 0.257 e. The Bertz CT molecular complexity index is 413. The molecule has 0 spiro atoms.